The van der Waals surface area contributed by atoms with Crippen molar-refractivity contribution < 1.29 is 14.3 Å². The number of amides is 1. The van der Waals surface area contributed by atoms with Crippen LogP contribution in [0.25, 0.3) is 0 Å². The summed E-state index contributed by atoms with van der Waals surface area (Å²) in [6.07, 6.45) is 4.52. The third-order valence-corrected chi connectivity index (χ3v) is 3.72. The SMILES string of the molecule is O=C(NCCCCCCBr)c1cccc2c1OCCO2. The minimum absolute atomic E-state index is 0.0900. The Morgan fingerprint density at radius 2 is 1.95 bits per heavy atom. The van der Waals surface area contributed by atoms with E-state index in [1.54, 1.807) is 6.07 Å². The first-order valence-corrected chi connectivity index (χ1v) is 8.18. The monoisotopic (exact) mass is 341 g/mol. The van der Waals surface area contributed by atoms with Crippen molar-refractivity contribution in [1.29, 1.82) is 0 Å². The smallest absolute Gasteiger partial charge is 0.255 e. The Balaban J connectivity index is 1.83. The van der Waals surface area contributed by atoms with Crippen LogP contribution in [0.2, 0.25) is 0 Å². The topological polar surface area (TPSA) is 47.6 Å². The second kappa shape index (κ2) is 8.15. The quantitative estimate of drug-likeness (QED) is 0.612. The average Bonchev–Trinajstić information content (AvgIpc) is 2.50. The van der Waals surface area contributed by atoms with Crippen LogP contribution in [0.15, 0.2) is 18.2 Å². The van der Waals surface area contributed by atoms with Gasteiger partial charge in [0.05, 0.1) is 5.56 Å². The molecule has 1 aliphatic rings. The summed E-state index contributed by atoms with van der Waals surface area (Å²) >= 11 is 3.41. The molecule has 0 saturated carbocycles. The van der Waals surface area contributed by atoms with Gasteiger partial charge in [-0.05, 0) is 25.0 Å². The standard InChI is InChI=1S/C15H20BrNO3/c16-8-3-1-2-4-9-17-15(18)12-6-5-7-13-14(12)20-11-10-19-13/h5-7H,1-4,8-11H2,(H,17,18). The number of ether oxygens (including phenoxy) is 2. The van der Waals surface area contributed by atoms with Gasteiger partial charge in [-0.25, -0.2) is 0 Å². The Kier molecular flexibility index (Phi) is 6.18. The van der Waals surface area contributed by atoms with Crippen molar-refractivity contribution in [3.8, 4) is 11.5 Å². The number of benzene rings is 1. The lowest BCUT2D eigenvalue weighted by Crippen LogP contribution is -2.26. The summed E-state index contributed by atoms with van der Waals surface area (Å²) in [5.74, 6) is 1.13. The molecule has 0 unspecified atom stereocenters. The summed E-state index contributed by atoms with van der Waals surface area (Å²) in [6, 6.07) is 5.41. The van der Waals surface area contributed by atoms with Gasteiger partial charge in [-0.15, -0.1) is 0 Å². The number of carbonyl (C=O) groups excluding carboxylic acids is 1. The van der Waals surface area contributed by atoms with Gasteiger partial charge in [-0.3, -0.25) is 4.79 Å². The third kappa shape index (κ3) is 4.13. The first-order valence-electron chi connectivity index (χ1n) is 7.05. The predicted molar refractivity (Wildman–Crippen MR) is 82.0 cm³/mol. The lowest BCUT2D eigenvalue weighted by Gasteiger charge is -2.20. The van der Waals surface area contributed by atoms with Gasteiger partial charge in [0.15, 0.2) is 11.5 Å². The van der Waals surface area contributed by atoms with Gasteiger partial charge in [-0.1, -0.05) is 34.8 Å². The summed E-state index contributed by atoms with van der Waals surface area (Å²) in [6.45, 7) is 1.72. The molecule has 0 saturated heterocycles. The van der Waals surface area contributed by atoms with E-state index in [-0.39, 0.29) is 5.91 Å². The number of carbonyl (C=O) groups is 1. The number of nitrogens with one attached hydrogen (secondary N) is 1. The van der Waals surface area contributed by atoms with Gasteiger partial charge in [-0.2, -0.15) is 0 Å². The Bertz CT molecular complexity index is 451. The van der Waals surface area contributed by atoms with E-state index in [2.05, 4.69) is 21.2 Å². The van der Waals surface area contributed by atoms with Crippen molar-refractivity contribution in [3.63, 3.8) is 0 Å². The van der Waals surface area contributed by atoms with E-state index in [1.807, 2.05) is 12.1 Å². The molecular formula is C15H20BrNO3. The largest absolute Gasteiger partial charge is 0.486 e. The zero-order chi connectivity index (χ0) is 14.2. The van der Waals surface area contributed by atoms with Gasteiger partial charge >= 0.3 is 0 Å². The Morgan fingerprint density at radius 3 is 2.80 bits per heavy atom. The van der Waals surface area contributed by atoms with E-state index in [9.17, 15) is 4.79 Å². The van der Waals surface area contributed by atoms with Crippen molar-refractivity contribution in [1.82, 2.24) is 5.32 Å². The average molecular weight is 342 g/mol. The molecule has 0 aliphatic carbocycles. The number of hydrogen-bond acceptors (Lipinski definition) is 3. The minimum Gasteiger partial charge on any atom is -0.486 e. The Hall–Kier alpha value is -1.23. The molecule has 5 heteroatoms. The molecule has 1 N–H and O–H groups in total. The van der Waals surface area contributed by atoms with Gasteiger partial charge in [0.1, 0.15) is 13.2 Å². The van der Waals surface area contributed by atoms with Crippen molar-refractivity contribution in [2.75, 3.05) is 25.1 Å². The predicted octanol–water partition coefficient (Wildman–Crippen LogP) is 3.14. The van der Waals surface area contributed by atoms with Crippen LogP contribution in [0.4, 0.5) is 0 Å². The number of rotatable bonds is 7. The summed E-state index contributed by atoms with van der Waals surface area (Å²) in [7, 11) is 0. The minimum atomic E-state index is -0.0900. The molecule has 1 aliphatic heterocycles. The van der Waals surface area contributed by atoms with Crippen LogP contribution in [0.1, 0.15) is 36.0 Å². The molecule has 1 amide bonds. The molecule has 1 aromatic rings. The maximum atomic E-state index is 12.2. The van der Waals surface area contributed by atoms with Crippen molar-refractivity contribution in [3.05, 3.63) is 23.8 Å². The maximum absolute atomic E-state index is 12.2. The van der Waals surface area contributed by atoms with Crippen molar-refractivity contribution in [2.45, 2.75) is 25.7 Å². The molecule has 1 heterocycles. The van der Waals surface area contributed by atoms with Crippen LogP contribution in [0.5, 0.6) is 11.5 Å². The number of hydrogen-bond donors (Lipinski definition) is 1. The summed E-state index contributed by atoms with van der Waals surface area (Å²) in [5.41, 5.74) is 0.558. The molecule has 0 bridgehead atoms. The highest BCUT2D eigenvalue weighted by Gasteiger charge is 2.19. The molecule has 0 aromatic heterocycles. The Morgan fingerprint density at radius 1 is 1.15 bits per heavy atom. The highest BCUT2D eigenvalue weighted by molar-refractivity contribution is 9.09. The zero-order valence-electron chi connectivity index (χ0n) is 11.5. The molecule has 0 spiro atoms. The van der Waals surface area contributed by atoms with Crippen molar-refractivity contribution >= 4 is 21.8 Å². The van der Waals surface area contributed by atoms with E-state index >= 15 is 0 Å². The molecule has 110 valence electrons. The summed E-state index contributed by atoms with van der Waals surface area (Å²) in [4.78, 5) is 12.2. The number of unbranched alkanes of at least 4 members (excludes halogenated alkanes) is 3. The van der Waals surface area contributed by atoms with Gasteiger partial charge < -0.3 is 14.8 Å². The molecule has 0 radical (unpaired) electrons. The fourth-order valence-electron chi connectivity index (χ4n) is 2.12. The first kappa shape index (κ1) is 15.2. The van der Waals surface area contributed by atoms with Crippen molar-refractivity contribution in [2.24, 2.45) is 0 Å². The highest BCUT2D eigenvalue weighted by atomic mass is 79.9. The molecule has 0 fully saturated rings. The number of alkyl halides is 1. The number of halogens is 1. The summed E-state index contributed by atoms with van der Waals surface area (Å²) in [5, 5.41) is 3.99. The first-order chi connectivity index (χ1) is 9.83. The zero-order valence-corrected chi connectivity index (χ0v) is 13.1. The van der Waals surface area contributed by atoms with Crippen LogP contribution in [-0.2, 0) is 0 Å². The molecule has 2 rings (SSSR count). The van der Waals surface area contributed by atoms with Gasteiger partial charge in [0, 0.05) is 11.9 Å². The molecular weight excluding hydrogens is 322 g/mol. The van der Waals surface area contributed by atoms with Gasteiger partial charge in [0.25, 0.3) is 5.91 Å². The van der Waals surface area contributed by atoms with Crippen LogP contribution >= 0.6 is 15.9 Å². The van der Waals surface area contributed by atoms with E-state index in [4.69, 9.17) is 9.47 Å². The highest BCUT2D eigenvalue weighted by Crippen LogP contribution is 2.33. The second-order valence-electron chi connectivity index (χ2n) is 4.69. The van der Waals surface area contributed by atoms with Crippen LogP contribution in [-0.4, -0.2) is 31.0 Å². The van der Waals surface area contributed by atoms with Crippen LogP contribution in [0.3, 0.4) is 0 Å². The molecule has 20 heavy (non-hydrogen) atoms. The Labute approximate surface area is 128 Å². The third-order valence-electron chi connectivity index (χ3n) is 3.16. The fourth-order valence-corrected chi connectivity index (χ4v) is 2.52. The molecule has 0 atom stereocenters. The van der Waals surface area contributed by atoms with E-state index < -0.39 is 0 Å². The number of para-hydroxylation sites is 1. The summed E-state index contributed by atoms with van der Waals surface area (Å²) < 4.78 is 11.0. The number of fused-ring (bicyclic) bond motifs is 1. The molecule has 1 aromatic carbocycles. The lowest BCUT2D eigenvalue weighted by atomic mass is 10.1. The van der Waals surface area contributed by atoms with E-state index in [0.29, 0.717) is 36.8 Å². The lowest BCUT2D eigenvalue weighted by molar-refractivity contribution is 0.0942. The second-order valence-corrected chi connectivity index (χ2v) is 5.48. The van der Waals surface area contributed by atoms with E-state index in [0.717, 1.165) is 18.2 Å². The van der Waals surface area contributed by atoms with Gasteiger partial charge in [0.2, 0.25) is 0 Å². The maximum Gasteiger partial charge on any atom is 0.255 e. The fraction of sp³-hybridized carbons (Fsp3) is 0.533. The van der Waals surface area contributed by atoms with Crippen LogP contribution < -0.4 is 14.8 Å². The van der Waals surface area contributed by atoms with Crippen LogP contribution in [0, 0.1) is 0 Å². The van der Waals surface area contributed by atoms with E-state index in [1.165, 1.54) is 12.8 Å². The molecule has 4 nitrogen and oxygen atoms in total. The normalized spacial score (nSPS) is 13.1.